The molecule has 5 nitrogen and oxygen atoms in total. The summed E-state index contributed by atoms with van der Waals surface area (Å²) < 4.78 is 13.1. The zero-order valence-corrected chi connectivity index (χ0v) is 19.6. The number of rotatable bonds is 4. The van der Waals surface area contributed by atoms with Crippen molar-refractivity contribution in [2.24, 2.45) is 17.3 Å². The Bertz CT molecular complexity index is 1040. The molecule has 5 heteroatoms. The molecule has 2 saturated carbocycles. The summed E-state index contributed by atoms with van der Waals surface area (Å²) in [5.74, 6) is 1.65. The van der Waals surface area contributed by atoms with Crippen molar-refractivity contribution in [2.45, 2.75) is 87.7 Å². The first-order valence-electron chi connectivity index (χ1n) is 12.4. The average molecular weight is 438 g/mol. The largest absolute Gasteiger partial charge is 0.504 e. The third-order valence-corrected chi connectivity index (χ3v) is 10.3. The van der Waals surface area contributed by atoms with Crippen molar-refractivity contribution in [2.75, 3.05) is 13.7 Å². The molecule has 172 valence electrons. The number of methoxy groups -OCH3 is 1. The minimum atomic E-state index is -0.906. The van der Waals surface area contributed by atoms with Gasteiger partial charge in [0.15, 0.2) is 11.5 Å². The Balaban J connectivity index is 1.53. The van der Waals surface area contributed by atoms with Gasteiger partial charge in [0, 0.05) is 42.6 Å². The molecule has 2 heterocycles. The minimum Gasteiger partial charge on any atom is -0.504 e. The lowest BCUT2D eigenvalue weighted by molar-refractivity contribution is -0.250. The van der Waals surface area contributed by atoms with Gasteiger partial charge in [-0.3, -0.25) is 4.90 Å². The molecule has 32 heavy (non-hydrogen) atoms. The van der Waals surface area contributed by atoms with Crippen LogP contribution in [-0.4, -0.2) is 58.2 Å². The molecule has 7 aliphatic rings. The summed E-state index contributed by atoms with van der Waals surface area (Å²) in [7, 11) is 1.76. The van der Waals surface area contributed by atoms with E-state index in [1.165, 1.54) is 30.5 Å². The highest BCUT2D eigenvalue weighted by Crippen LogP contribution is 2.76. The van der Waals surface area contributed by atoms with Crippen molar-refractivity contribution in [3.63, 3.8) is 0 Å². The molecule has 4 bridgehead atoms. The van der Waals surface area contributed by atoms with E-state index < -0.39 is 11.2 Å². The average Bonchev–Trinajstić information content (AvgIpc) is 3.49. The van der Waals surface area contributed by atoms with Crippen LogP contribution in [0.15, 0.2) is 24.3 Å². The van der Waals surface area contributed by atoms with Gasteiger partial charge in [0.25, 0.3) is 0 Å². The predicted octanol–water partition coefficient (Wildman–Crippen LogP) is 3.55. The fourth-order valence-electron chi connectivity index (χ4n) is 8.92. The molecule has 1 saturated heterocycles. The standard InChI is InChI=1S/C27H35NO4/c1-15-12-26-21-17-7-8-18(29)22(21)32-23(26)27(31-4)10-9-25(26,13-19(27)24(2,3)30)20(11-17)28(15)14-16-5-6-16/h7-10,15-16,19-20,23,29-30H,5-6,11-14H2,1-4H3. The lowest BCUT2D eigenvalue weighted by Gasteiger charge is -2.73. The van der Waals surface area contributed by atoms with Crippen LogP contribution in [0.4, 0.5) is 0 Å². The third-order valence-electron chi connectivity index (χ3n) is 10.3. The minimum absolute atomic E-state index is 0.0835. The first-order valence-corrected chi connectivity index (χ1v) is 12.4. The SMILES string of the molecule is COC12C=CC3(CC1C(C)(C)O)C1Cc4ccc(O)c5c4C3(CC(C)N1CC1CC1)C2O5. The summed E-state index contributed by atoms with van der Waals surface area (Å²) in [6.07, 6.45) is 10.00. The summed E-state index contributed by atoms with van der Waals surface area (Å²) in [6.45, 7) is 7.40. The van der Waals surface area contributed by atoms with Gasteiger partial charge in [-0.05, 0) is 70.4 Å². The number of aliphatic hydroxyl groups is 1. The van der Waals surface area contributed by atoms with E-state index in [-0.39, 0.29) is 28.6 Å². The molecule has 2 aliphatic heterocycles. The lowest BCUT2D eigenvalue weighted by atomic mass is 9.35. The van der Waals surface area contributed by atoms with E-state index >= 15 is 0 Å². The van der Waals surface area contributed by atoms with Gasteiger partial charge in [-0.2, -0.15) is 0 Å². The molecule has 7 unspecified atom stereocenters. The number of phenols is 1. The number of ether oxygens (including phenoxy) is 2. The molecule has 2 spiro atoms. The van der Waals surface area contributed by atoms with Crippen LogP contribution in [-0.2, 0) is 16.6 Å². The van der Waals surface area contributed by atoms with Gasteiger partial charge in [-0.15, -0.1) is 0 Å². The maximum Gasteiger partial charge on any atom is 0.165 e. The number of piperidine rings is 1. The highest BCUT2D eigenvalue weighted by atomic mass is 16.6. The van der Waals surface area contributed by atoms with Crippen LogP contribution in [0.3, 0.4) is 0 Å². The first-order chi connectivity index (χ1) is 15.2. The molecule has 5 aliphatic carbocycles. The van der Waals surface area contributed by atoms with Gasteiger partial charge in [0.1, 0.15) is 11.7 Å². The van der Waals surface area contributed by atoms with Crippen LogP contribution in [0, 0.1) is 17.3 Å². The number of fused-ring (bicyclic) bond motifs is 1. The van der Waals surface area contributed by atoms with Crippen LogP contribution in [0.5, 0.6) is 11.5 Å². The molecule has 7 atom stereocenters. The highest BCUT2D eigenvalue weighted by molar-refractivity contribution is 5.65. The Morgan fingerprint density at radius 2 is 2.00 bits per heavy atom. The van der Waals surface area contributed by atoms with Crippen LogP contribution in [0.25, 0.3) is 0 Å². The van der Waals surface area contributed by atoms with Crippen LogP contribution < -0.4 is 4.74 Å². The second-order valence-electron chi connectivity index (χ2n) is 12.2. The summed E-state index contributed by atoms with van der Waals surface area (Å²) >= 11 is 0. The van der Waals surface area contributed by atoms with Crippen molar-refractivity contribution >= 4 is 0 Å². The van der Waals surface area contributed by atoms with E-state index in [4.69, 9.17) is 9.47 Å². The summed E-state index contributed by atoms with van der Waals surface area (Å²) in [5, 5.41) is 22.3. The number of hydrogen-bond acceptors (Lipinski definition) is 5. The van der Waals surface area contributed by atoms with Crippen LogP contribution >= 0.6 is 0 Å². The van der Waals surface area contributed by atoms with Crippen molar-refractivity contribution in [3.8, 4) is 11.5 Å². The van der Waals surface area contributed by atoms with E-state index in [9.17, 15) is 10.2 Å². The Morgan fingerprint density at radius 1 is 1.22 bits per heavy atom. The smallest absolute Gasteiger partial charge is 0.165 e. The molecule has 0 radical (unpaired) electrons. The van der Waals surface area contributed by atoms with Gasteiger partial charge in [-0.25, -0.2) is 0 Å². The second kappa shape index (κ2) is 5.73. The number of hydrogen-bond donors (Lipinski definition) is 2. The number of phenolic OH excluding ortho intramolecular Hbond substituents is 1. The number of aromatic hydroxyl groups is 1. The second-order valence-corrected chi connectivity index (χ2v) is 12.2. The quantitative estimate of drug-likeness (QED) is 0.706. The van der Waals surface area contributed by atoms with E-state index in [0.717, 1.165) is 25.2 Å². The molecule has 2 N–H and O–H groups in total. The Kier molecular flexibility index (Phi) is 3.56. The van der Waals surface area contributed by atoms with Crippen LogP contribution in [0.1, 0.15) is 57.6 Å². The van der Waals surface area contributed by atoms with E-state index in [2.05, 4.69) is 30.0 Å². The van der Waals surface area contributed by atoms with Gasteiger partial charge in [0.2, 0.25) is 0 Å². The number of nitrogens with zero attached hydrogens (tertiary/aromatic N) is 1. The fourth-order valence-corrected chi connectivity index (χ4v) is 8.92. The first kappa shape index (κ1) is 19.9. The molecular formula is C27H35NO4. The Morgan fingerprint density at radius 3 is 2.69 bits per heavy atom. The highest BCUT2D eigenvalue weighted by Gasteiger charge is 2.80. The normalized spacial score (nSPS) is 45.7. The van der Waals surface area contributed by atoms with Crippen molar-refractivity contribution in [1.82, 2.24) is 4.90 Å². The van der Waals surface area contributed by atoms with E-state index in [1.807, 2.05) is 19.9 Å². The van der Waals surface area contributed by atoms with Crippen molar-refractivity contribution in [1.29, 1.82) is 0 Å². The monoisotopic (exact) mass is 437 g/mol. The van der Waals surface area contributed by atoms with E-state index in [1.54, 1.807) is 7.11 Å². The molecular weight excluding hydrogens is 402 g/mol. The predicted molar refractivity (Wildman–Crippen MR) is 121 cm³/mol. The summed E-state index contributed by atoms with van der Waals surface area (Å²) in [4.78, 5) is 2.80. The van der Waals surface area contributed by atoms with Gasteiger partial charge in [0.05, 0.1) is 11.0 Å². The summed E-state index contributed by atoms with van der Waals surface area (Å²) in [5.41, 5.74) is 0.578. The molecule has 8 rings (SSSR count). The third kappa shape index (κ3) is 2.00. The zero-order valence-electron chi connectivity index (χ0n) is 19.6. The van der Waals surface area contributed by atoms with Gasteiger partial charge >= 0.3 is 0 Å². The van der Waals surface area contributed by atoms with Gasteiger partial charge < -0.3 is 19.7 Å². The Labute approximate surface area is 190 Å². The van der Waals surface area contributed by atoms with Crippen molar-refractivity contribution < 1.29 is 19.7 Å². The van der Waals surface area contributed by atoms with Crippen molar-refractivity contribution in [3.05, 3.63) is 35.4 Å². The molecule has 3 fully saturated rings. The molecule has 1 aromatic carbocycles. The van der Waals surface area contributed by atoms with Crippen LogP contribution in [0.2, 0.25) is 0 Å². The number of likely N-dealkylation sites (tertiary alicyclic amines) is 1. The molecule has 1 aromatic rings. The zero-order chi connectivity index (χ0) is 22.3. The maximum atomic E-state index is 11.4. The Hall–Kier alpha value is -1.56. The molecule has 0 aromatic heterocycles. The van der Waals surface area contributed by atoms with E-state index in [0.29, 0.717) is 17.8 Å². The fraction of sp³-hybridized carbons (Fsp3) is 0.704. The topological polar surface area (TPSA) is 62.2 Å². The summed E-state index contributed by atoms with van der Waals surface area (Å²) in [6, 6.07) is 4.76. The number of benzene rings is 1. The lowest BCUT2D eigenvalue weighted by Crippen LogP contribution is -2.81. The maximum absolute atomic E-state index is 11.4. The molecule has 0 amide bonds. The van der Waals surface area contributed by atoms with Gasteiger partial charge in [-0.1, -0.05) is 18.2 Å².